The lowest BCUT2D eigenvalue weighted by Crippen LogP contribution is -1.84. The maximum Gasteiger partial charge on any atom is 0.328 e. The summed E-state index contributed by atoms with van der Waals surface area (Å²) in [5.74, 6) is -0.908. The van der Waals surface area contributed by atoms with E-state index in [1.165, 1.54) is 76.7 Å². The van der Waals surface area contributed by atoms with E-state index >= 15 is 0 Å². The maximum atomic E-state index is 10.2. The molecule has 0 aliphatic heterocycles. The Morgan fingerprint density at radius 1 is 0.727 bits per heavy atom. The smallest absolute Gasteiger partial charge is 0.328 e. The van der Waals surface area contributed by atoms with Gasteiger partial charge in [-0.1, -0.05) is 102 Å². The zero-order valence-corrected chi connectivity index (χ0v) is 14.3. The van der Waals surface area contributed by atoms with E-state index in [0.29, 0.717) is 0 Å². The van der Waals surface area contributed by atoms with Crippen molar-refractivity contribution in [2.24, 2.45) is 0 Å². The van der Waals surface area contributed by atoms with Crippen LogP contribution in [-0.4, -0.2) is 11.1 Å². The minimum atomic E-state index is -0.908. The molecule has 0 aliphatic rings. The normalized spacial score (nSPS) is 12.0. The SMILES string of the molecule is CCCCCCCCCCCCCC=CC=C/C=C\C(=O)O. The first-order valence-corrected chi connectivity index (χ1v) is 9.00. The van der Waals surface area contributed by atoms with Gasteiger partial charge in [0.2, 0.25) is 0 Å². The Morgan fingerprint density at radius 3 is 1.77 bits per heavy atom. The summed E-state index contributed by atoms with van der Waals surface area (Å²) in [6.07, 6.45) is 26.7. The molecule has 2 heteroatoms. The Balaban J connectivity index is 3.21. The zero-order valence-electron chi connectivity index (χ0n) is 14.3. The molecule has 0 saturated carbocycles. The lowest BCUT2D eigenvalue weighted by Gasteiger charge is -2.01. The summed E-state index contributed by atoms with van der Waals surface area (Å²) in [4.78, 5) is 10.2. The number of carboxylic acids is 1. The highest BCUT2D eigenvalue weighted by molar-refractivity contribution is 5.80. The Morgan fingerprint density at radius 2 is 1.23 bits per heavy atom. The van der Waals surface area contributed by atoms with Crippen LogP contribution in [0.25, 0.3) is 0 Å². The Kier molecular flexibility index (Phi) is 16.7. The van der Waals surface area contributed by atoms with Crippen LogP contribution < -0.4 is 0 Å². The maximum absolute atomic E-state index is 10.2. The van der Waals surface area contributed by atoms with E-state index in [4.69, 9.17) is 5.11 Å². The molecule has 0 amide bonds. The van der Waals surface area contributed by atoms with Crippen LogP contribution in [0.5, 0.6) is 0 Å². The van der Waals surface area contributed by atoms with Crippen molar-refractivity contribution in [2.45, 2.75) is 84.0 Å². The fourth-order valence-electron chi connectivity index (χ4n) is 2.37. The summed E-state index contributed by atoms with van der Waals surface area (Å²) >= 11 is 0. The second-order valence-electron chi connectivity index (χ2n) is 5.83. The van der Waals surface area contributed by atoms with Gasteiger partial charge >= 0.3 is 5.97 Å². The van der Waals surface area contributed by atoms with Crippen LogP contribution >= 0.6 is 0 Å². The minimum Gasteiger partial charge on any atom is -0.478 e. The first kappa shape index (κ1) is 20.7. The van der Waals surface area contributed by atoms with Crippen molar-refractivity contribution >= 4 is 5.97 Å². The Hall–Kier alpha value is -1.31. The van der Waals surface area contributed by atoms with Gasteiger partial charge < -0.3 is 5.11 Å². The number of unbranched alkanes of at least 4 members (excludes halogenated alkanes) is 11. The molecule has 1 N–H and O–H groups in total. The summed E-state index contributed by atoms with van der Waals surface area (Å²) in [5.41, 5.74) is 0. The molecule has 0 bridgehead atoms. The Bertz CT molecular complexity index is 327. The van der Waals surface area contributed by atoms with Gasteiger partial charge in [0.15, 0.2) is 0 Å². The molecule has 0 unspecified atom stereocenters. The molecular weight excluding hydrogens is 272 g/mol. The molecule has 0 aromatic carbocycles. The van der Waals surface area contributed by atoms with Gasteiger partial charge in [0.05, 0.1) is 0 Å². The molecular formula is C20H34O2. The average molecular weight is 306 g/mol. The van der Waals surface area contributed by atoms with E-state index < -0.39 is 5.97 Å². The van der Waals surface area contributed by atoms with Crippen LogP contribution in [0.15, 0.2) is 36.5 Å². The number of aliphatic carboxylic acids is 1. The fraction of sp³-hybridized carbons (Fsp3) is 0.650. The fourth-order valence-corrected chi connectivity index (χ4v) is 2.37. The Labute approximate surface area is 137 Å². The van der Waals surface area contributed by atoms with Gasteiger partial charge in [-0.3, -0.25) is 0 Å². The third kappa shape index (κ3) is 18.7. The molecule has 22 heavy (non-hydrogen) atoms. The quantitative estimate of drug-likeness (QED) is 0.215. The number of carbonyl (C=O) groups is 1. The van der Waals surface area contributed by atoms with Crippen molar-refractivity contribution in [1.82, 2.24) is 0 Å². The summed E-state index contributed by atoms with van der Waals surface area (Å²) in [5, 5.41) is 8.40. The van der Waals surface area contributed by atoms with Crippen molar-refractivity contribution in [2.75, 3.05) is 0 Å². The molecule has 0 atom stereocenters. The van der Waals surface area contributed by atoms with Crippen molar-refractivity contribution in [3.63, 3.8) is 0 Å². The standard InChI is InChI=1S/C20H34O2/c1-2-3-4-5-6-7-8-9-10-11-12-13-14-15-16-17-18-19-20(21)22/h14-19H,2-13H2,1H3,(H,21,22)/b15-14?,17-16?,19-18-. The number of hydrogen-bond donors (Lipinski definition) is 1. The van der Waals surface area contributed by atoms with Crippen LogP contribution in [0, 0.1) is 0 Å². The van der Waals surface area contributed by atoms with E-state index in [1.807, 2.05) is 12.2 Å². The van der Waals surface area contributed by atoms with Gasteiger partial charge in [-0.05, 0) is 12.8 Å². The molecule has 0 aromatic heterocycles. The van der Waals surface area contributed by atoms with Crippen LogP contribution in [0.4, 0.5) is 0 Å². The molecule has 0 heterocycles. The van der Waals surface area contributed by atoms with E-state index in [2.05, 4.69) is 13.0 Å². The second-order valence-corrected chi connectivity index (χ2v) is 5.83. The molecule has 2 nitrogen and oxygen atoms in total. The number of hydrogen-bond acceptors (Lipinski definition) is 1. The number of rotatable bonds is 15. The third-order valence-electron chi connectivity index (χ3n) is 3.68. The van der Waals surface area contributed by atoms with Crippen molar-refractivity contribution in [3.8, 4) is 0 Å². The monoisotopic (exact) mass is 306 g/mol. The highest BCUT2D eigenvalue weighted by Crippen LogP contribution is 2.11. The van der Waals surface area contributed by atoms with Crippen molar-refractivity contribution in [1.29, 1.82) is 0 Å². The van der Waals surface area contributed by atoms with E-state index in [9.17, 15) is 4.79 Å². The molecule has 0 aromatic rings. The van der Waals surface area contributed by atoms with Gasteiger partial charge in [-0.2, -0.15) is 0 Å². The largest absolute Gasteiger partial charge is 0.478 e. The first-order chi connectivity index (χ1) is 10.8. The van der Waals surface area contributed by atoms with Crippen LogP contribution in [-0.2, 0) is 4.79 Å². The summed E-state index contributed by atoms with van der Waals surface area (Å²) < 4.78 is 0. The second kappa shape index (κ2) is 17.7. The van der Waals surface area contributed by atoms with Gasteiger partial charge in [0, 0.05) is 6.08 Å². The lowest BCUT2D eigenvalue weighted by atomic mass is 10.1. The summed E-state index contributed by atoms with van der Waals surface area (Å²) in [6.45, 7) is 2.27. The van der Waals surface area contributed by atoms with Crippen molar-refractivity contribution in [3.05, 3.63) is 36.5 Å². The molecule has 0 fully saturated rings. The molecule has 0 spiro atoms. The highest BCUT2D eigenvalue weighted by atomic mass is 16.4. The van der Waals surface area contributed by atoms with Gasteiger partial charge in [-0.25, -0.2) is 4.79 Å². The molecule has 0 saturated heterocycles. The van der Waals surface area contributed by atoms with E-state index in [0.717, 1.165) is 12.5 Å². The predicted octanol–water partition coefficient (Wildman–Crippen LogP) is 6.44. The van der Waals surface area contributed by atoms with Crippen LogP contribution in [0.3, 0.4) is 0 Å². The van der Waals surface area contributed by atoms with Crippen molar-refractivity contribution < 1.29 is 9.90 Å². The van der Waals surface area contributed by atoms with E-state index in [1.54, 1.807) is 6.08 Å². The molecule has 0 radical (unpaired) electrons. The van der Waals surface area contributed by atoms with Crippen LogP contribution in [0.2, 0.25) is 0 Å². The summed E-state index contributed by atoms with van der Waals surface area (Å²) in [6, 6.07) is 0. The first-order valence-electron chi connectivity index (χ1n) is 9.00. The number of carboxylic acid groups (broad SMARTS) is 1. The topological polar surface area (TPSA) is 37.3 Å². The third-order valence-corrected chi connectivity index (χ3v) is 3.68. The molecule has 126 valence electrons. The van der Waals surface area contributed by atoms with Crippen LogP contribution in [0.1, 0.15) is 84.0 Å². The van der Waals surface area contributed by atoms with E-state index in [-0.39, 0.29) is 0 Å². The van der Waals surface area contributed by atoms with Gasteiger partial charge in [0.25, 0.3) is 0 Å². The molecule has 0 rings (SSSR count). The minimum absolute atomic E-state index is 0.908. The highest BCUT2D eigenvalue weighted by Gasteiger charge is 1.92. The zero-order chi connectivity index (χ0) is 16.3. The lowest BCUT2D eigenvalue weighted by molar-refractivity contribution is -0.131. The van der Waals surface area contributed by atoms with Gasteiger partial charge in [0.1, 0.15) is 0 Å². The summed E-state index contributed by atoms with van der Waals surface area (Å²) in [7, 11) is 0. The predicted molar refractivity (Wildman–Crippen MR) is 96.1 cm³/mol. The van der Waals surface area contributed by atoms with Gasteiger partial charge in [-0.15, -0.1) is 0 Å². The average Bonchev–Trinajstić information content (AvgIpc) is 2.50. The number of allylic oxidation sites excluding steroid dienone is 5. The molecule has 0 aliphatic carbocycles.